The van der Waals surface area contributed by atoms with E-state index in [1.165, 1.54) is 0 Å². The lowest BCUT2D eigenvalue weighted by Crippen LogP contribution is -2.34. The third-order valence-corrected chi connectivity index (χ3v) is 2.12. The maximum atomic E-state index is 11.4. The summed E-state index contributed by atoms with van der Waals surface area (Å²) in [4.78, 5) is 32.3. The molecular weight excluding hydrogens is 216 g/mol. The van der Waals surface area contributed by atoms with Crippen LogP contribution in [0, 0.1) is 5.92 Å². The molecule has 16 heavy (non-hydrogen) atoms. The van der Waals surface area contributed by atoms with Crippen molar-refractivity contribution in [2.24, 2.45) is 5.92 Å². The SMILES string of the molecule is O=C(O)COCCNC(=O)C1CNC(=O)C1. The van der Waals surface area contributed by atoms with E-state index in [9.17, 15) is 14.4 Å². The molecule has 1 saturated heterocycles. The van der Waals surface area contributed by atoms with Crippen molar-refractivity contribution in [1.82, 2.24) is 10.6 Å². The number of carbonyl (C=O) groups is 3. The number of nitrogens with one attached hydrogen (secondary N) is 2. The summed E-state index contributed by atoms with van der Waals surface area (Å²) in [6, 6.07) is 0. The fourth-order valence-corrected chi connectivity index (χ4v) is 1.34. The molecule has 1 aliphatic heterocycles. The summed E-state index contributed by atoms with van der Waals surface area (Å²) < 4.78 is 4.73. The van der Waals surface area contributed by atoms with E-state index in [1.54, 1.807) is 0 Å². The van der Waals surface area contributed by atoms with Gasteiger partial charge in [0.05, 0.1) is 12.5 Å². The van der Waals surface area contributed by atoms with Crippen molar-refractivity contribution in [3.05, 3.63) is 0 Å². The molecule has 0 spiro atoms. The molecule has 0 aromatic carbocycles. The van der Waals surface area contributed by atoms with Crippen molar-refractivity contribution in [2.45, 2.75) is 6.42 Å². The summed E-state index contributed by atoms with van der Waals surface area (Å²) in [5.41, 5.74) is 0. The van der Waals surface area contributed by atoms with Gasteiger partial charge in [-0.15, -0.1) is 0 Å². The average Bonchev–Trinajstić information content (AvgIpc) is 2.63. The lowest BCUT2D eigenvalue weighted by Gasteiger charge is -2.08. The molecule has 7 heteroatoms. The molecule has 1 rings (SSSR count). The van der Waals surface area contributed by atoms with Crippen molar-refractivity contribution in [1.29, 1.82) is 0 Å². The number of carbonyl (C=O) groups excluding carboxylic acids is 2. The quantitative estimate of drug-likeness (QED) is 0.474. The smallest absolute Gasteiger partial charge is 0.329 e. The zero-order chi connectivity index (χ0) is 12.0. The molecule has 1 fully saturated rings. The first-order valence-corrected chi connectivity index (χ1v) is 4.93. The van der Waals surface area contributed by atoms with Gasteiger partial charge >= 0.3 is 5.97 Å². The van der Waals surface area contributed by atoms with Crippen molar-refractivity contribution >= 4 is 17.8 Å². The highest BCUT2D eigenvalue weighted by atomic mass is 16.5. The first-order chi connectivity index (χ1) is 7.59. The van der Waals surface area contributed by atoms with Gasteiger partial charge in [0.1, 0.15) is 6.61 Å². The van der Waals surface area contributed by atoms with Gasteiger partial charge < -0.3 is 20.5 Å². The van der Waals surface area contributed by atoms with E-state index in [-0.39, 0.29) is 43.9 Å². The average molecular weight is 230 g/mol. The van der Waals surface area contributed by atoms with Crippen LogP contribution in [0.25, 0.3) is 0 Å². The molecule has 1 aliphatic rings. The largest absolute Gasteiger partial charge is 0.480 e. The molecule has 0 saturated carbocycles. The van der Waals surface area contributed by atoms with Crippen molar-refractivity contribution in [2.75, 3.05) is 26.3 Å². The summed E-state index contributed by atoms with van der Waals surface area (Å²) in [5, 5.41) is 13.4. The van der Waals surface area contributed by atoms with E-state index in [0.29, 0.717) is 6.54 Å². The molecule has 0 aromatic heterocycles. The van der Waals surface area contributed by atoms with E-state index < -0.39 is 5.97 Å². The van der Waals surface area contributed by atoms with Crippen LogP contribution in [0.3, 0.4) is 0 Å². The van der Waals surface area contributed by atoms with Gasteiger partial charge in [-0.3, -0.25) is 9.59 Å². The van der Waals surface area contributed by atoms with E-state index in [0.717, 1.165) is 0 Å². The minimum absolute atomic E-state index is 0.123. The van der Waals surface area contributed by atoms with Crippen LogP contribution in [0.1, 0.15) is 6.42 Å². The Hall–Kier alpha value is -1.63. The van der Waals surface area contributed by atoms with Gasteiger partial charge in [0.2, 0.25) is 11.8 Å². The Bertz CT molecular complexity index is 292. The molecule has 1 atom stereocenters. The molecule has 0 radical (unpaired) electrons. The second-order valence-electron chi connectivity index (χ2n) is 3.44. The number of ether oxygens (including phenoxy) is 1. The normalized spacial score (nSPS) is 19.2. The number of hydrogen-bond acceptors (Lipinski definition) is 4. The fourth-order valence-electron chi connectivity index (χ4n) is 1.34. The van der Waals surface area contributed by atoms with Crippen LogP contribution in [0.2, 0.25) is 0 Å². The Balaban J connectivity index is 2.06. The highest BCUT2D eigenvalue weighted by molar-refractivity contribution is 5.89. The van der Waals surface area contributed by atoms with Crippen LogP contribution < -0.4 is 10.6 Å². The Morgan fingerprint density at radius 3 is 2.88 bits per heavy atom. The van der Waals surface area contributed by atoms with E-state index in [2.05, 4.69) is 10.6 Å². The Morgan fingerprint density at radius 2 is 2.31 bits per heavy atom. The number of aliphatic carboxylic acids is 1. The van der Waals surface area contributed by atoms with Crippen LogP contribution in [0.4, 0.5) is 0 Å². The summed E-state index contributed by atoms with van der Waals surface area (Å²) in [6.07, 6.45) is 0.210. The lowest BCUT2D eigenvalue weighted by atomic mass is 10.1. The molecule has 0 aromatic rings. The Morgan fingerprint density at radius 1 is 1.56 bits per heavy atom. The van der Waals surface area contributed by atoms with Gasteiger partial charge in [0, 0.05) is 19.5 Å². The topological polar surface area (TPSA) is 105 Å². The molecule has 1 unspecified atom stereocenters. The van der Waals surface area contributed by atoms with Crippen LogP contribution >= 0.6 is 0 Å². The standard InChI is InChI=1S/C9H14N2O5/c12-7-3-6(4-11-7)9(15)10-1-2-16-5-8(13)14/h6H,1-5H2,(H,10,15)(H,11,12)(H,13,14). The van der Waals surface area contributed by atoms with Crippen LogP contribution in [-0.4, -0.2) is 49.2 Å². The zero-order valence-corrected chi connectivity index (χ0v) is 8.69. The molecule has 7 nitrogen and oxygen atoms in total. The summed E-state index contributed by atoms with van der Waals surface area (Å²) in [5.74, 6) is -1.71. The van der Waals surface area contributed by atoms with Gasteiger partial charge in [-0.1, -0.05) is 0 Å². The number of amides is 2. The first kappa shape index (κ1) is 12.4. The van der Waals surface area contributed by atoms with Crippen molar-refractivity contribution < 1.29 is 24.2 Å². The monoisotopic (exact) mass is 230 g/mol. The molecule has 0 aliphatic carbocycles. The van der Waals surface area contributed by atoms with Crippen molar-refractivity contribution in [3.63, 3.8) is 0 Å². The minimum atomic E-state index is -1.04. The van der Waals surface area contributed by atoms with Gasteiger partial charge in [-0.25, -0.2) is 4.79 Å². The second-order valence-corrected chi connectivity index (χ2v) is 3.44. The van der Waals surface area contributed by atoms with Crippen LogP contribution in [0.5, 0.6) is 0 Å². The number of carboxylic acid groups (broad SMARTS) is 1. The van der Waals surface area contributed by atoms with Crippen molar-refractivity contribution in [3.8, 4) is 0 Å². The predicted octanol–water partition coefficient (Wildman–Crippen LogP) is -1.66. The Kier molecular flexibility index (Phi) is 4.71. The highest BCUT2D eigenvalue weighted by Gasteiger charge is 2.27. The molecule has 2 amide bonds. The predicted molar refractivity (Wildman–Crippen MR) is 52.6 cm³/mol. The molecule has 3 N–H and O–H groups in total. The van der Waals surface area contributed by atoms with Crippen LogP contribution in [0.15, 0.2) is 0 Å². The van der Waals surface area contributed by atoms with E-state index in [4.69, 9.17) is 9.84 Å². The Labute approximate surface area is 92.1 Å². The van der Waals surface area contributed by atoms with Gasteiger partial charge in [-0.05, 0) is 0 Å². The maximum absolute atomic E-state index is 11.4. The number of carboxylic acids is 1. The third kappa shape index (κ3) is 4.26. The lowest BCUT2D eigenvalue weighted by molar-refractivity contribution is -0.142. The first-order valence-electron chi connectivity index (χ1n) is 4.93. The molecule has 90 valence electrons. The second kappa shape index (κ2) is 6.06. The third-order valence-electron chi connectivity index (χ3n) is 2.12. The van der Waals surface area contributed by atoms with E-state index in [1.807, 2.05) is 0 Å². The maximum Gasteiger partial charge on any atom is 0.329 e. The highest BCUT2D eigenvalue weighted by Crippen LogP contribution is 2.07. The van der Waals surface area contributed by atoms with Crippen LogP contribution in [-0.2, 0) is 19.1 Å². The minimum Gasteiger partial charge on any atom is -0.480 e. The molecule has 0 bridgehead atoms. The fraction of sp³-hybridized carbons (Fsp3) is 0.667. The number of hydrogen-bond donors (Lipinski definition) is 3. The summed E-state index contributed by atoms with van der Waals surface area (Å²) in [6.45, 7) is 0.378. The van der Waals surface area contributed by atoms with Gasteiger partial charge in [-0.2, -0.15) is 0 Å². The summed E-state index contributed by atoms with van der Waals surface area (Å²) >= 11 is 0. The van der Waals surface area contributed by atoms with Gasteiger partial charge in [0.15, 0.2) is 0 Å². The number of rotatable bonds is 6. The van der Waals surface area contributed by atoms with E-state index >= 15 is 0 Å². The summed E-state index contributed by atoms with van der Waals surface area (Å²) in [7, 11) is 0. The molecule has 1 heterocycles. The van der Waals surface area contributed by atoms with Gasteiger partial charge in [0.25, 0.3) is 0 Å². The zero-order valence-electron chi connectivity index (χ0n) is 8.69. The molecular formula is C9H14N2O5.